The van der Waals surface area contributed by atoms with Gasteiger partial charge in [0.1, 0.15) is 5.54 Å². The zero-order valence-electron chi connectivity index (χ0n) is 14.0. The van der Waals surface area contributed by atoms with Crippen LogP contribution in [0.2, 0.25) is 5.02 Å². The smallest absolute Gasteiger partial charge is 0.252 e. The predicted octanol–water partition coefficient (Wildman–Crippen LogP) is 3.88. The molecule has 0 aliphatic carbocycles. The van der Waals surface area contributed by atoms with Crippen LogP contribution < -0.4 is 5.32 Å². The Balaban J connectivity index is 2.00. The molecule has 0 saturated carbocycles. The fourth-order valence-electron chi connectivity index (χ4n) is 2.58. The maximum Gasteiger partial charge on any atom is 0.252 e. The SMILES string of the molecule is CC(=O)NC(C)(c1nc(-c2cc3cc(Cl)ccc3[nH]2)no1)C(C)C. The third kappa shape index (κ3) is 2.89. The van der Waals surface area contributed by atoms with Crippen LogP contribution in [-0.4, -0.2) is 21.0 Å². The van der Waals surface area contributed by atoms with Crippen LogP contribution in [0.5, 0.6) is 0 Å². The Morgan fingerprint density at radius 2 is 2.12 bits per heavy atom. The number of hydrogen-bond acceptors (Lipinski definition) is 4. The first-order chi connectivity index (χ1) is 11.3. The van der Waals surface area contributed by atoms with Crippen molar-refractivity contribution in [2.45, 2.75) is 33.2 Å². The first-order valence-electron chi connectivity index (χ1n) is 7.71. The molecule has 2 heterocycles. The predicted molar refractivity (Wildman–Crippen MR) is 92.6 cm³/mol. The number of amides is 1. The van der Waals surface area contributed by atoms with Crippen LogP contribution in [0.3, 0.4) is 0 Å². The number of benzene rings is 1. The topological polar surface area (TPSA) is 83.8 Å². The number of nitrogens with zero attached hydrogens (tertiary/aromatic N) is 2. The largest absolute Gasteiger partial charge is 0.352 e. The zero-order chi connectivity index (χ0) is 17.5. The summed E-state index contributed by atoms with van der Waals surface area (Å²) in [7, 11) is 0. The number of hydrogen-bond donors (Lipinski definition) is 2. The first kappa shape index (κ1) is 16.5. The molecule has 7 heteroatoms. The molecule has 126 valence electrons. The Labute approximate surface area is 144 Å². The minimum atomic E-state index is -0.730. The van der Waals surface area contributed by atoms with E-state index in [-0.39, 0.29) is 11.8 Å². The number of carbonyl (C=O) groups is 1. The van der Waals surface area contributed by atoms with E-state index in [1.54, 1.807) is 0 Å². The second-order valence-corrected chi connectivity index (χ2v) is 6.81. The van der Waals surface area contributed by atoms with E-state index >= 15 is 0 Å². The molecule has 1 aromatic carbocycles. The molecule has 0 aliphatic rings. The van der Waals surface area contributed by atoms with Gasteiger partial charge in [-0.3, -0.25) is 4.79 Å². The van der Waals surface area contributed by atoms with Crippen LogP contribution in [0.25, 0.3) is 22.4 Å². The highest BCUT2D eigenvalue weighted by Crippen LogP contribution is 2.30. The highest BCUT2D eigenvalue weighted by Gasteiger charge is 2.37. The average Bonchev–Trinajstić information content (AvgIpc) is 3.12. The van der Waals surface area contributed by atoms with Gasteiger partial charge in [0.05, 0.1) is 5.69 Å². The number of aromatic amines is 1. The molecule has 1 atom stereocenters. The minimum Gasteiger partial charge on any atom is -0.352 e. The van der Waals surface area contributed by atoms with Crippen molar-refractivity contribution >= 4 is 28.4 Å². The fourth-order valence-corrected chi connectivity index (χ4v) is 2.76. The van der Waals surface area contributed by atoms with Crippen molar-refractivity contribution in [3.8, 4) is 11.5 Å². The summed E-state index contributed by atoms with van der Waals surface area (Å²) in [6.07, 6.45) is 0. The van der Waals surface area contributed by atoms with Gasteiger partial charge >= 0.3 is 0 Å². The van der Waals surface area contributed by atoms with E-state index in [1.807, 2.05) is 45.0 Å². The molecule has 24 heavy (non-hydrogen) atoms. The molecule has 0 saturated heterocycles. The van der Waals surface area contributed by atoms with Gasteiger partial charge < -0.3 is 14.8 Å². The lowest BCUT2D eigenvalue weighted by Crippen LogP contribution is -2.46. The molecule has 0 aliphatic heterocycles. The second kappa shape index (κ2) is 5.94. The van der Waals surface area contributed by atoms with Gasteiger partial charge in [-0.15, -0.1) is 0 Å². The number of H-pyrrole nitrogens is 1. The van der Waals surface area contributed by atoms with E-state index in [9.17, 15) is 4.79 Å². The van der Waals surface area contributed by atoms with Crippen LogP contribution in [-0.2, 0) is 10.3 Å². The van der Waals surface area contributed by atoms with Gasteiger partial charge in [0.15, 0.2) is 0 Å². The molecule has 0 spiro atoms. The van der Waals surface area contributed by atoms with Crippen LogP contribution in [0.1, 0.15) is 33.6 Å². The number of halogens is 1. The van der Waals surface area contributed by atoms with E-state index < -0.39 is 5.54 Å². The fraction of sp³-hybridized carbons (Fsp3) is 0.353. The zero-order valence-corrected chi connectivity index (χ0v) is 14.7. The van der Waals surface area contributed by atoms with Gasteiger partial charge in [-0.2, -0.15) is 4.98 Å². The highest BCUT2D eigenvalue weighted by molar-refractivity contribution is 6.31. The molecular weight excluding hydrogens is 328 g/mol. The number of rotatable bonds is 4. The second-order valence-electron chi connectivity index (χ2n) is 6.38. The highest BCUT2D eigenvalue weighted by atomic mass is 35.5. The van der Waals surface area contributed by atoms with Gasteiger partial charge in [0, 0.05) is 22.8 Å². The van der Waals surface area contributed by atoms with Crippen LogP contribution in [0, 0.1) is 5.92 Å². The monoisotopic (exact) mass is 346 g/mol. The summed E-state index contributed by atoms with van der Waals surface area (Å²) in [5, 5.41) is 8.60. The van der Waals surface area contributed by atoms with Gasteiger partial charge in [-0.1, -0.05) is 30.6 Å². The number of carbonyl (C=O) groups excluding carboxylic acids is 1. The van der Waals surface area contributed by atoms with E-state index in [0.717, 1.165) is 16.6 Å². The Kier molecular flexibility index (Phi) is 4.09. The van der Waals surface area contributed by atoms with Crippen molar-refractivity contribution in [1.82, 2.24) is 20.4 Å². The lowest BCUT2D eigenvalue weighted by atomic mass is 9.88. The van der Waals surface area contributed by atoms with E-state index in [0.29, 0.717) is 16.7 Å². The Morgan fingerprint density at radius 1 is 1.38 bits per heavy atom. The van der Waals surface area contributed by atoms with E-state index in [1.165, 1.54) is 6.92 Å². The molecule has 1 unspecified atom stereocenters. The quantitative estimate of drug-likeness (QED) is 0.750. The Bertz CT molecular complexity index is 899. The van der Waals surface area contributed by atoms with Crippen LogP contribution in [0.15, 0.2) is 28.8 Å². The molecule has 0 fully saturated rings. The molecule has 3 rings (SSSR count). The van der Waals surface area contributed by atoms with Gasteiger partial charge in [0.25, 0.3) is 5.89 Å². The van der Waals surface area contributed by atoms with Crippen molar-refractivity contribution in [2.24, 2.45) is 5.92 Å². The van der Waals surface area contributed by atoms with Crippen molar-refractivity contribution in [3.05, 3.63) is 35.2 Å². The van der Waals surface area contributed by atoms with Crippen molar-refractivity contribution in [3.63, 3.8) is 0 Å². The van der Waals surface area contributed by atoms with Gasteiger partial charge in [-0.25, -0.2) is 0 Å². The summed E-state index contributed by atoms with van der Waals surface area (Å²) in [5.74, 6) is 0.747. The van der Waals surface area contributed by atoms with Gasteiger partial charge in [-0.05, 0) is 37.1 Å². The van der Waals surface area contributed by atoms with Crippen molar-refractivity contribution < 1.29 is 9.32 Å². The summed E-state index contributed by atoms with van der Waals surface area (Å²) < 4.78 is 5.44. The van der Waals surface area contributed by atoms with E-state index in [4.69, 9.17) is 16.1 Å². The summed E-state index contributed by atoms with van der Waals surface area (Å²) >= 11 is 6.02. The molecule has 0 radical (unpaired) electrons. The van der Waals surface area contributed by atoms with Crippen LogP contribution >= 0.6 is 11.6 Å². The normalized spacial score (nSPS) is 14.1. The molecule has 6 nitrogen and oxygen atoms in total. The minimum absolute atomic E-state index is 0.0798. The number of nitrogens with one attached hydrogen (secondary N) is 2. The first-order valence-corrected chi connectivity index (χ1v) is 8.09. The molecule has 1 amide bonds. The Hall–Kier alpha value is -2.34. The standard InChI is InChI=1S/C17H19ClN4O2/c1-9(2)17(4,21-10(3)23)16-20-15(22-24-16)14-8-11-7-12(18)5-6-13(11)19-14/h5-9,19H,1-4H3,(H,21,23). The lowest BCUT2D eigenvalue weighted by molar-refractivity contribution is -0.121. The maximum atomic E-state index is 11.5. The number of fused-ring (bicyclic) bond motifs is 1. The third-order valence-corrected chi connectivity index (χ3v) is 4.52. The van der Waals surface area contributed by atoms with E-state index in [2.05, 4.69) is 20.4 Å². The third-order valence-electron chi connectivity index (χ3n) is 4.28. The summed E-state index contributed by atoms with van der Waals surface area (Å²) in [6, 6.07) is 7.50. The summed E-state index contributed by atoms with van der Waals surface area (Å²) in [4.78, 5) is 19.3. The lowest BCUT2D eigenvalue weighted by Gasteiger charge is -2.30. The molecular formula is C17H19ClN4O2. The summed E-state index contributed by atoms with van der Waals surface area (Å²) in [6.45, 7) is 7.33. The molecule has 2 aromatic heterocycles. The maximum absolute atomic E-state index is 11.5. The molecule has 0 bridgehead atoms. The molecule has 2 N–H and O–H groups in total. The summed E-state index contributed by atoms with van der Waals surface area (Å²) in [5.41, 5.74) is 0.942. The van der Waals surface area contributed by atoms with Crippen molar-refractivity contribution in [2.75, 3.05) is 0 Å². The van der Waals surface area contributed by atoms with Gasteiger partial charge in [0.2, 0.25) is 11.7 Å². The Morgan fingerprint density at radius 3 is 2.79 bits per heavy atom. The molecule has 3 aromatic rings. The van der Waals surface area contributed by atoms with Crippen LogP contribution in [0.4, 0.5) is 0 Å². The van der Waals surface area contributed by atoms with Crippen molar-refractivity contribution in [1.29, 1.82) is 0 Å². The number of aromatic nitrogens is 3. The average molecular weight is 347 g/mol.